The van der Waals surface area contributed by atoms with Gasteiger partial charge in [-0.15, -0.1) is 0 Å². The maximum Gasteiger partial charge on any atom is 0.250 e. The highest BCUT2D eigenvalue weighted by Crippen LogP contribution is 2.40. The van der Waals surface area contributed by atoms with E-state index in [1.165, 1.54) is 19.3 Å². The minimum Gasteiger partial charge on any atom is -0.348 e. The van der Waals surface area contributed by atoms with Crippen LogP contribution in [0.4, 0.5) is 0 Å². The number of amides is 1. The molecule has 1 saturated carbocycles. The van der Waals surface area contributed by atoms with E-state index in [4.69, 9.17) is 0 Å². The van der Waals surface area contributed by atoms with Crippen molar-refractivity contribution < 1.29 is 4.79 Å². The van der Waals surface area contributed by atoms with Crippen LogP contribution >= 0.6 is 0 Å². The van der Waals surface area contributed by atoms with Gasteiger partial charge in [-0.3, -0.25) is 9.59 Å². The number of fused-ring (bicyclic) bond motifs is 4. The maximum atomic E-state index is 13.4. The zero-order valence-electron chi connectivity index (χ0n) is 16.4. The topological polar surface area (TPSA) is 47.2 Å². The molecule has 0 radical (unpaired) electrons. The fourth-order valence-corrected chi connectivity index (χ4v) is 5.88. The zero-order valence-corrected chi connectivity index (χ0v) is 16.4. The minimum absolute atomic E-state index is 0.0553. The van der Waals surface area contributed by atoms with Gasteiger partial charge in [0.25, 0.3) is 5.56 Å². The lowest BCUT2D eigenvalue weighted by atomic mass is 9.78. The Hall–Kier alpha value is -2.30. The molecule has 5 rings (SSSR count). The van der Waals surface area contributed by atoms with Crippen LogP contribution in [-0.4, -0.2) is 33.0 Å². The molecule has 0 spiro atoms. The van der Waals surface area contributed by atoms with Gasteiger partial charge in [0.2, 0.25) is 5.91 Å². The number of hydrogen-bond donors (Lipinski definition) is 0. The summed E-state index contributed by atoms with van der Waals surface area (Å²) in [4.78, 5) is 27.7. The second-order valence-corrected chi connectivity index (χ2v) is 9.05. The summed E-state index contributed by atoms with van der Waals surface area (Å²) >= 11 is 0. The van der Waals surface area contributed by atoms with Gasteiger partial charge in [0, 0.05) is 49.7 Å². The van der Waals surface area contributed by atoms with E-state index in [-0.39, 0.29) is 17.0 Å². The highest BCUT2D eigenvalue weighted by molar-refractivity contribution is 5.77. The molecule has 4 heterocycles. The summed E-state index contributed by atoms with van der Waals surface area (Å²) in [5.74, 6) is 0.973. The molecule has 1 aliphatic carbocycles. The Labute approximate surface area is 166 Å². The highest BCUT2D eigenvalue weighted by atomic mass is 16.2. The molecule has 0 aromatic carbocycles. The molecule has 1 unspecified atom stereocenters. The molecule has 5 nitrogen and oxygen atoms in total. The van der Waals surface area contributed by atoms with Crippen molar-refractivity contribution in [2.24, 2.45) is 5.92 Å². The molecule has 0 N–H and O–H groups in total. The fourth-order valence-electron chi connectivity index (χ4n) is 5.88. The fraction of sp³-hybridized carbons (Fsp3) is 0.565. The Morgan fingerprint density at radius 3 is 2.57 bits per heavy atom. The SMILES string of the molecule is O=C(CC1(n2cccc2)CCCCC1)N1CC2C[C@@H](C1)Cn1c2cccc1=O. The standard InChI is InChI=1S/C23H29N3O2/c27-21-8-6-7-20-19-13-18(16-26(20)21)15-24(17-19)22(28)14-23(9-2-1-3-10-23)25-11-4-5-12-25/h4-8,11-12,18-19H,1-3,9-10,13-17H2/t18-,19?/m0/s1. The smallest absolute Gasteiger partial charge is 0.250 e. The highest BCUT2D eigenvalue weighted by Gasteiger charge is 2.40. The van der Waals surface area contributed by atoms with E-state index < -0.39 is 0 Å². The Morgan fingerprint density at radius 1 is 1.00 bits per heavy atom. The molecule has 2 aliphatic heterocycles. The van der Waals surface area contributed by atoms with Crippen molar-refractivity contribution in [2.45, 2.75) is 62.9 Å². The van der Waals surface area contributed by atoms with Crippen LogP contribution in [0.15, 0.2) is 47.5 Å². The van der Waals surface area contributed by atoms with Crippen LogP contribution < -0.4 is 5.56 Å². The average molecular weight is 380 g/mol. The Balaban J connectivity index is 1.37. The minimum atomic E-state index is -0.0553. The van der Waals surface area contributed by atoms with Gasteiger partial charge >= 0.3 is 0 Å². The van der Waals surface area contributed by atoms with Crippen LogP contribution in [-0.2, 0) is 16.9 Å². The summed E-state index contributed by atoms with van der Waals surface area (Å²) in [6.07, 6.45) is 11.8. The molecule has 148 valence electrons. The quantitative estimate of drug-likeness (QED) is 0.821. The summed E-state index contributed by atoms with van der Waals surface area (Å²) in [6, 6.07) is 9.72. The molecule has 2 aromatic heterocycles. The molecule has 2 fully saturated rings. The number of likely N-dealkylation sites (tertiary alicyclic amines) is 1. The van der Waals surface area contributed by atoms with Crippen LogP contribution in [0.1, 0.15) is 56.6 Å². The maximum absolute atomic E-state index is 13.4. The predicted octanol–water partition coefficient (Wildman–Crippen LogP) is 3.35. The van der Waals surface area contributed by atoms with E-state index in [1.54, 1.807) is 6.07 Å². The first-order chi connectivity index (χ1) is 13.6. The van der Waals surface area contributed by atoms with E-state index in [1.807, 2.05) is 10.6 Å². The van der Waals surface area contributed by atoms with Gasteiger partial charge in [-0.25, -0.2) is 0 Å². The molecule has 1 amide bonds. The Morgan fingerprint density at radius 2 is 1.79 bits per heavy atom. The van der Waals surface area contributed by atoms with Gasteiger partial charge in [-0.1, -0.05) is 25.3 Å². The van der Waals surface area contributed by atoms with E-state index in [0.29, 0.717) is 18.3 Å². The normalized spacial score (nSPS) is 25.9. The second-order valence-electron chi connectivity index (χ2n) is 9.05. The third-order valence-electron chi connectivity index (χ3n) is 7.25. The summed E-state index contributed by atoms with van der Waals surface area (Å²) < 4.78 is 4.23. The van der Waals surface area contributed by atoms with E-state index in [9.17, 15) is 9.59 Å². The van der Waals surface area contributed by atoms with Crippen LogP contribution in [0.5, 0.6) is 0 Å². The van der Waals surface area contributed by atoms with Crippen molar-refractivity contribution in [1.29, 1.82) is 0 Å². The molecular weight excluding hydrogens is 350 g/mol. The first-order valence-electron chi connectivity index (χ1n) is 10.8. The third-order valence-corrected chi connectivity index (χ3v) is 7.25. The molecule has 1 saturated heterocycles. The summed E-state index contributed by atoms with van der Waals surface area (Å²) in [7, 11) is 0. The van der Waals surface area contributed by atoms with Gasteiger partial charge in [-0.2, -0.15) is 0 Å². The molecule has 2 bridgehead atoms. The summed E-state index contributed by atoms with van der Waals surface area (Å²) in [5.41, 5.74) is 1.15. The predicted molar refractivity (Wildman–Crippen MR) is 108 cm³/mol. The van der Waals surface area contributed by atoms with Crippen LogP contribution in [0, 0.1) is 5.92 Å². The Kier molecular flexibility index (Phi) is 4.41. The van der Waals surface area contributed by atoms with E-state index in [2.05, 4.69) is 40.1 Å². The van der Waals surface area contributed by atoms with E-state index >= 15 is 0 Å². The molecule has 3 aliphatic rings. The van der Waals surface area contributed by atoms with Gasteiger partial charge in [0.15, 0.2) is 0 Å². The number of aromatic nitrogens is 2. The van der Waals surface area contributed by atoms with Crippen LogP contribution in [0.3, 0.4) is 0 Å². The lowest BCUT2D eigenvalue weighted by Crippen LogP contribution is -2.51. The van der Waals surface area contributed by atoms with Gasteiger partial charge in [-0.05, 0) is 43.4 Å². The third kappa shape index (κ3) is 3.01. The van der Waals surface area contributed by atoms with Crippen LogP contribution in [0.2, 0.25) is 0 Å². The molecular formula is C23H29N3O2. The Bertz CT molecular complexity index is 908. The number of carbonyl (C=O) groups excluding carboxylic acids is 1. The first-order valence-corrected chi connectivity index (χ1v) is 10.8. The number of hydrogen-bond acceptors (Lipinski definition) is 2. The lowest BCUT2D eigenvalue weighted by Gasteiger charge is -2.45. The second kappa shape index (κ2) is 6.94. The molecule has 28 heavy (non-hydrogen) atoms. The van der Waals surface area contributed by atoms with Crippen molar-refractivity contribution in [3.8, 4) is 0 Å². The number of rotatable bonds is 3. The monoisotopic (exact) mass is 379 g/mol. The van der Waals surface area contributed by atoms with Crippen molar-refractivity contribution in [3.05, 3.63) is 58.8 Å². The number of carbonyl (C=O) groups is 1. The number of nitrogens with zero attached hydrogens (tertiary/aromatic N) is 3. The van der Waals surface area contributed by atoms with Crippen molar-refractivity contribution in [2.75, 3.05) is 13.1 Å². The van der Waals surface area contributed by atoms with Gasteiger partial charge in [0.05, 0.1) is 12.0 Å². The first kappa shape index (κ1) is 17.8. The molecule has 2 atom stereocenters. The number of pyridine rings is 1. The molecule has 2 aromatic rings. The molecule has 5 heteroatoms. The summed E-state index contributed by atoms with van der Waals surface area (Å²) in [5, 5.41) is 0. The summed E-state index contributed by atoms with van der Waals surface area (Å²) in [6.45, 7) is 2.29. The number of piperidine rings is 1. The average Bonchev–Trinajstić information content (AvgIpc) is 3.25. The van der Waals surface area contributed by atoms with Crippen LogP contribution in [0.25, 0.3) is 0 Å². The van der Waals surface area contributed by atoms with Crippen molar-refractivity contribution in [1.82, 2.24) is 14.0 Å². The van der Waals surface area contributed by atoms with E-state index in [0.717, 1.165) is 44.6 Å². The zero-order chi connectivity index (χ0) is 19.1. The van der Waals surface area contributed by atoms with Crippen molar-refractivity contribution >= 4 is 5.91 Å². The van der Waals surface area contributed by atoms with Gasteiger partial charge < -0.3 is 14.0 Å². The van der Waals surface area contributed by atoms with Gasteiger partial charge in [0.1, 0.15) is 0 Å². The lowest BCUT2D eigenvalue weighted by molar-refractivity contribution is -0.136. The largest absolute Gasteiger partial charge is 0.348 e. The van der Waals surface area contributed by atoms with Crippen molar-refractivity contribution in [3.63, 3.8) is 0 Å².